The largest absolute Gasteiger partial charge is 0.504 e. The van der Waals surface area contributed by atoms with Gasteiger partial charge < -0.3 is 20.1 Å². The highest BCUT2D eigenvalue weighted by Gasteiger charge is 2.25. The first kappa shape index (κ1) is 15.2. The fourth-order valence-corrected chi connectivity index (χ4v) is 2.99. The molecule has 0 radical (unpaired) electrons. The molecular weight excluding hydrogens is 294 g/mol. The average Bonchev–Trinajstić information content (AvgIpc) is 2.52. The Morgan fingerprint density at radius 2 is 1.78 bits per heavy atom. The van der Waals surface area contributed by atoms with E-state index in [1.807, 2.05) is 13.1 Å². The molecule has 120 valence electrons. The third kappa shape index (κ3) is 2.82. The van der Waals surface area contributed by atoms with Crippen molar-refractivity contribution in [2.75, 3.05) is 20.7 Å². The molecule has 5 heteroatoms. The van der Waals surface area contributed by atoms with Gasteiger partial charge in [-0.25, -0.2) is 4.58 Å². The highest BCUT2D eigenvalue weighted by atomic mass is 16.5. The van der Waals surface area contributed by atoms with Gasteiger partial charge in [-0.2, -0.15) is 0 Å². The number of methoxy groups -OCH3 is 1. The van der Waals surface area contributed by atoms with Crippen LogP contribution in [0.2, 0.25) is 0 Å². The maximum atomic E-state index is 9.94. The molecule has 2 aromatic rings. The first-order chi connectivity index (χ1) is 11.0. The fourth-order valence-electron chi connectivity index (χ4n) is 2.99. The molecule has 0 amide bonds. The summed E-state index contributed by atoms with van der Waals surface area (Å²) < 4.78 is 7.21. The number of hydrogen-bond acceptors (Lipinski definition) is 4. The molecule has 3 rings (SSSR count). The minimum Gasteiger partial charge on any atom is -0.504 e. The van der Waals surface area contributed by atoms with E-state index in [9.17, 15) is 15.3 Å². The Balaban J connectivity index is 2.00. The lowest BCUT2D eigenvalue weighted by Gasteiger charge is -2.18. The van der Waals surface area contributed by atoms with Crippen LogP contribution < -0.4 is 4.74 Å². The quantitative estimate of drug-likeness (QED) is 0.599. The van der Waals surface area contributed by atoms with Gasteiger partial charge in [0.25, 0.3) is 0 Å². The minimum atomic E-state index is -0.117. The third-order valence-electron chi connectivity index (χ3n) is 4.30. The molecule has 23 heavy (non-hydrogen) atoms. The molecule has 1 aliphatic heterocycles. The second kappa shape index (κ2) is 5.83. The van der Waals surface area contributed by atoms with E-state index < -0.39 is 0 Å². The van der Waals surface area contributed by atoms with Crippen LogP contribution in [0.5, 0.6) is 23.0 Å². The number of benzene rings is 2. The zero-order valence-corrected chi connectivity index (χ0v) is 13.2. The SMILES string of the molecule is COc1ccc(CC2=[N+](C)CCc3cc(O)c(O)cc32)cc1O. The summed E-state index contributed by atoms with van der Waals surface area (Å²) >= 11 is 0. The third-order valence-corrected chi connectivity index (χ3v) is 4.30. The summed E-state index contributed by atoms with van der Waals surface area (Å²) in [4.78, 5) is 0. The number of ether oxygens (including phenoxy) is 1. The van der Waals surface area contributed by atoms with Crippen LogP contribution in [0.3, 0.4) is 0 Å². The second-order valence-electron chi connectivity index (χ2n) is 5.80. The van der Waals surface area contributed by atoms with Crippen molar-refractivity contribution in [3.05, 3.63) is 47.0 Å². The number of phenols is 3. The second-order valence-corrected chi connectivity index (χ2v) is 5.80. The Morgan fingerprint density at radius 3 is 2.48 bits per heavy atom. The lowest BCUT2D eigenvalue weighted by Crippen LogP contribution is -2.28. The van der Waals surface area contributed by atoms with E-state index in [1.165, 1.54) is 7.11 Å². The van der Waals surface area contributed by atoms with Crippen molar-refractivity contribution < 1.29 is 24.6 Å². The number of likely N-dealkylation sites (N-methyl/N-ethyl adjacent to an activating group) is 1. The lowest BCUT2D eigenvalue weighted by atomic mass is 9.92. The summed E-state index contributed by atoms with van der Waals surface area (Å²) in [5.41, 5.74) is 3.95. The van der Waals surface area contributed by atoms with Crippen LogP contribution >= 0.6 is 0 Å². The number of nitrogens with zero attached hydrogens (tertiary/aromatic N) is 1. The van der Waals surface area contributed by atoms with E-state index >= 15 is 0 Å². The molecule has 0 spiro atoms. The molecule has 2 aromatic carbocycles. The summed E-state index contributed by atoms with van der Waals surface area (Å²) in [6.45, 7) is 0.842. The molecule has 1 aliphatic rings. The van der Waals surface area contributed by atoms with Gasteiger partial charge in [0, 0.05) is 12.0 Å². The predicted molar refractivity (Wildman–Crippen MR) is 87.0 cm³/mol. The van der Waals surface area contributed by atoms with E-state index in [1.54, 1.807) is 24.3 Å². The van der Waals surface area contributed by atoms with Crippen molar-refractivity contribution in [3.63, 3.8) is 0 Å². The highest BCUT2D eigenvalue weighted by molar-refractivity contribution is 6.00. The molecule has 0 saturated carbocycles. The predicted octanol–water partition coefficient (Wildman–Crippen LogP) is 2.04. The van der Waals surface area contributed by atoms with Crippen LogP contribution in [0.4, 0.5) is 0 Å². The molecule has 0 atom stereocenters. The molecule has 0 saturated heterocycles. The number of aromatic hydroxyl groups is 3. The van der Waals surface area contributed by atoms with Gasteiger partial charge in [-0.3, -0.25) is 0 Å². The van der Waals surface area contributed by atoms with E-state index in [-0.39, 0.29) is 17.2 Å². The van der Waals surface area contributed by atoms with Gasteiger partial charge in [-0.15, -0.1) is 0 Å². The first-order valence-corrected chi connectivity index (χ1v) is 7.47. The maximum absolute atomic E-state index is 9.94. The Hall–Kier alpha value is -2.69. The van der Waals surface area contributed by atoms with Crippen LogP contribution in [-0.4, -0.2) is 46.3 Å². The topological polar surface area (TPSA) is 72.9 Å². The normalized spacial score (nSPS) is 13.8. The van der Waals surface area contributed by atoms with Crippen molar-refractivity contribution in [3.8, 4) is 23.0 Å². The van der Waals surface area contributed by atoms with Gasteiger partial charge in [0.05, 0.1) is 13.5 Å². The molecule has 0 unspecified atom stereocenters. The van der Waals surface area contributed by atoms with Gasteiger partial charge in [-0.05, 0) is 35.4 Å². The number of hydrogen-bond donors (Lipinski definition) is 3. The van der Waals surface area contributed by atoms with Crippen molar-refractivity contribution in [1.29, 1.82) is 0 Å². The monoisotopic (exact) mass is 314 g/mol. The Labute approximate surface area is 134 Å². The van der Waals surface area contributed by atoms with Crippen LogP contribution in [0.25, 0.3) is 0 Å². The van der Waals surface area contributed by atoms with Gasteiger partial charge in [0.1, 0.15) is 13.6 Å². The lowest BCUT2D eigenvalue weighted by molar-refractivity contribution is -0.498. The summed E-state index contributed by atoms with van der Waals surface area (Å²) in [6, 6.07) is 8.58. The summed E-state index contributed by atoms with van der Waals surface area (Å²) in [5, 5.41) is 29.5. The molecule has 0 bridgehead atoms. The molecule has 0 fully saturated rings. The summed E-state index contributed by atoms with van der Waals surface area (Å²) in [7, 11) is 3.52. The standard InChI is InChI=1S/C18H19NO4/c1-19-6-5-12-9-15(20)16(21)10-13(12)14(19)7-11-3-4-18(23-2)17(22)8-11/h3-4,8-10,21-22H,5-7H2,1-2H3/p+1. The Morgan fingerprint density at radius 1 is 1.04 bits per heavy atom. The summed E-state index contributed by atoms with van der Waals surface area (Å²) in [6.07, 6.45) is 1.43. The van der Waals surface area contributed by atoms with Crippen LogP contribution in [0.15, 0.2) is 30.3 Å². The van der Waals surface area contributed by atoms with E-state index in [0.29, 0.717) is 12.2 Å². The number of rotatable bonds is 3. The fraction of sp³-hybridized carbons (Fsp3) is 0.278. The van der Waals surface area contributed by atoms with E-state index in [2.05, 4.69) is 4.58 Å². The van der Waals surface area contributed by atoms with Crippen molar-refractivity contribution in [2.45, 2.75) is 12.8 Å². The average molecular weight is 314 g/mol. The number of fused-ring (bicyclic) bond motifs is 1. The highest BCUT2D eigenvalue weighted by Crippen LogP contribution is 2.32. The maximum Gasteiger partial charge on any atom is 0.187 e. The number of phenolic OH excluding ortho intramolecular Hbond substituents is 3. The van der Waals surface area contributed by atoms with Crippen molar-refractivity contribution >= 4 is 5.71 Å². The van der Waals surface area contributed by atoms with Crippen molar-refractivity contribution in [1.82, 2.24) is 0 Å². The Bertz CT molecular complexity index is 796. The Kier molecular flexibility index (Phi) is 3.86. The molecule has 1 heterocycles. The summed E-state index contributed by atoms with van der Waals surface area (Å²) in [5.74, 6) is 0.348. The van der Waals surface area contributed by atoms with Gasteiger partial charge in [0.2, 0.25) is 0 Å². The molecular formula is C18H20NO4+. The van der Waals surface area contributed by atoms with Crippen LogP contribution in [-0.2, 0) is 12.8 Å². The zero-order chi connectivity index (χ0) is 16.6. The smallest absolute Gasteiger partial charge is 0.187 e. The van der Waals surface area contributed by atoms with Crippen molar-refractivity contribution in [2.24, 2.45) is 0 Å². The molecule has 0 aliphatic carbocycles. The van der Waals surface area contributed by atoms with E-state index in [0.717, 1.165) is 35.4 Å². The molecule has 0 aromatic heterocycles. The molecule has 5 nitrogen and oxygen atoms in total. The van der Waals surface area contributed by atoms with Gasteiger partial charge in [0.15, 0.2) is 28.7 Å². The van der Waals surface area contributed by atoms with E-state index in [4.69, 9.17) is 4.74 Å². The first-order valence-electron chi connectivity index (χ1n) is 7.47. The molecule has 3 N–H and O–H groups in total. The van der Waals surface area contributed by atoms with Crippen LogP contribution in [0.1, 0.15) is 16.7 Å². The van der Waals surface area contributed by atoms with Crippen LogP contribution in [0, 0.1) is 0 Å². The van der Waals surface area contributed by atoms with Gasteiger partial charge >= 0.3 is 0 Å². The zero-order valence-electron chi connectivity index (χ0n) is 13.2. The minimum absolute atomic E-state index is 0.0882. The van der Waals surface area contributed by atoms with Gasteiger partial charge in [-0.1, -0.05) is 6.07 Å².